The second-order valence-corrected chi connectivity index (χ2v) is 9.79. The highest BCUT2D eigenvalue weighted by Crippen LogP contribution is 2.50. The molecule has 32 heavy (non-hydrogen) atoms. The molecule has 162 valence electrons. The van der Waals surface area contributed by atoms with Crippen molar-refractivity contribution in [3.63, 3.8) is 0 Å². The minimum atomic E-state index is -0.524. The Balaban J connectivity index is 1.45. The highest BCUT2D eigenvalue weighted by atomic mass is 79.9. The van der Waals surface area contributed by atoms with Gasteiger partial charge in [0.15, 0.2) is 0 Å². The van der Waals surface area contributed by atoms with Gasteiger partial charge >= 0.3 is 0 Å². The Morgan fingerprint density at radius 3 is 2.69 bits per heavy atom. The quantitative estimate of drug-likeness (QED) is 0.454. The summed E-state index contributed by atoms with van der Waals surface area (Å²) in [7, 11) is 0. The highest BCUT2D eigenvalue weighted by Gasteiger charge is 2.52. The minimum absolute atomic E-state index is 0.120. The zero-order valence-corrected chi connectivity index (χ0v) is 19.5. The number of carbonyl (C=O) groups is 1. The monoisotopic (exact) mass is 489 g/mol. The second kappa shape index (κ2) is 7.34. The standard InChI is InChI=1S/C26H24BrN3O2/c1-17(31)29-13-11-26(12-14-29)30-24(22-15-19(27)9-10-25(22)32-26)16-23(28-30)21-8-4-6-18-5-2-3-7-20(18)21/h2-10,15,24H,11-14,16H2,1H3/t24-/m1/s1. The van der Waals surface area contributed by atoms with E-state index in [1.807, 2.05) is 11.0 Å². The Morgan fingerprint density at radius 1 is 1.09 bits per heavy atom. The number of fused-ring (bicyclic) bond motifs is 5. The van der Waals surface area contributed by atoms with Crippen molar-refractivity contribution in [1.82, 2.24) is 9.91 Å². The van der Waals surface area contributed by atoms with Crippen molar-refractivity contribution in [2.75, 3.05) is 13.1 Å². The van der Waals surface area contributed by atoms with Crippen LogP contribution in [0.3, 0.4) is 0 Å². The molecule has 6 rings (SSSR count). The van der Waals surface area contributed by atoms with Gasteiger partial charge in [0, 0.05) is 54.9 Å². The molecule has 3 aromatic carbocycles. The number of rotatable bonds is 1. The van der Waals surface area contributed by atoms with Crippen LogP contribution in [0.15, 0.2) is 70.2 Å². The summed E-state index contributed by atoms with van der Waals surface area (Å²) in [6.07, 6.45) is 2.31. The summed E-state index contributed by atoms with van der Waals surface area (Å²) >= 11 is 3.64. The Kier molecular flexibility index (Phi) is 4.54. The Hall–Kier alpha value is -2.86. The molecule has 1 amide bonds. The first-order valence-electron chi connectivity index (χ1n) is 11.1. The van der Waals surface area contributed by atoms with E-state index in [0.717, 1.165) is 40.8 Å². The van der Waals surface area contributed by atoms with Gasteiger partial charge in [-0.3, -0.25) is 4.79 Å². The van der Waals surface area contributed by atoms with Gasteiger partial charge < -0.3 is 9.64 Å². The molecule has 1 fully saturated rings. The second-order valence-electron chi connectivity index (χ2n) is 8.87. The van der Waals surface area contributed by atoms with Crippen molar-refractivity contribution in [3.8, 4) is 5.75 Å². The van der Waals surface area contributed by atoms with Gasteiger partial charge in [-0.25, -0.2) is 5.01 Å². The number of benzene rings is 3. The number of hydrogen-bond acceptors (Lipinski definition) is 4. The van der Waals surface area contributed by atoms with Gasteiger partial charge in [0.1, 0.15) is 5.75 Å². The van der Waals surface area contributed by atoms with Crippen LogP contribution in [-0.2, 0) is 4.79 Å². The van der Waals surface area contributed by atoms with Gasteiger partial charge in [-0.15, -0.1) is 0 Å². The lowest BCUT2D eigenvalue weighted by atomic mass is 9.90. The molecule has 0 unspecified atom stereocenters. The van der Waals surface area contributed by atoms with E-state index in [4.69, 9.17) is 9.84 Å². The zero-order valence-electron chi connectivity index (χ0n) is 17.9. The van der Waals surface area contributed by atoms with E-state index in [1.54, 1.807) is 6.92 Å². The van der Waals surface area contributed by atoms with Gasteiger partial charge in [0.2, 0.25) is 11.6 Å². The van der Waals surface area contributed by atoms with Crippen LogP contribution in [0.25, 0.3) is 10.8 Å². The van der Waals surface area contributed by atoms with E-state index in [2.05, 4.69) is 75.5 Å². The van der Waals surface area contributed by atoms with Gasteiger partial charge in [-0.05, 0) is 29.0 Å². The molecule has 0 aliphatic carbocycles. The number of nitrogens with zero attached hydrogens (tertiary/aromatic N) is 3. The van der Waals surface area contributed by atoms with Gasteiger partial charge in [0.05, 0.1) is 11.8 Å². The number of carbonyl (C=O) groups excluding carboxylic acids is 1. The number of amides is 1. The minimum Gasteiger partial charge on any atom is -0.466 e. The van der Waals surface area contributed by atoms with Crippen LogP contribution in [0.1, 0.15) is 43.4 Å². The number of ether oxygens (including phenoxy) is 1. The largest absolute Gasteiger partial charge is 0.466 e. The summed E-state index contributed by atoms with van der Waals surface area (Å²) in [5.74, 6) is 1.05. The smallest absolute Gasteiger partial charge is 0.219 e. The highest BCUT2D eigenvalue weighted by molar-refractivity contribution is 9.10. The predicted molar refractivity (Wildman–Crippen MR) is 129 cm³/mol. The van der Waals surface area contributed by atoms with E-state index in [-0.39, 0.29) is 11.9 Å². The van der Waals surface area contributed by atoms with Crippen molar-refractivity contribution in [3.05, 3.63) is 76.3 Å². The fourth-order valence-electron chi connectivity index (χ4n) is 5.39. The third-order valence-electron chi connectivity index (χ3n) is 7.05. The van der Waals surface area contributed by atoms with Gasteiger partial charge in [-0.1, -0.05) is 58.4 Å². The lowest BCUT2D eigenvalue weighted by Crippen LogP contribution is -2.59. The maximum Gasteiger partial charge on any atom is 0.219 e. The fourth-order valence-corrected chi connectivity index (χ4v) is 5.77. The molecule has 1 atom stereocenters. The van der Waals surface area contributed by atoms with E-state index in [1.165, 1.54) is 16.3 Å². The van der Waals surface area contributed by atoms with Crippen LogP contribution in [0.5, 0.6) is 5.75 Å². The summed E-state index contributed by atoms with van der Waals surface area (Å²) in [6, 6.07) is 21.3. The molecule has 0 radical (unpaired) electrons. The molecular weight excluding hydrogens is 466 g/mol. The number of halogens is 1. The number of hydrazone groups is 1. The summed E-state index contributed by atoms with van der Waals surface area (Å²) in [5.41, 5.74) is 2.92. The van der Waals surface area contributed by atoms with Crippen LogP contribution in [0, 0.1) is 0 Å². The Bertz CT molecular complexity index is 1260. The fraction of sp³-hybridized carbons (Fsp3) is 0.308. The summed E-state index contributed by atoms with van der Waals surface area (Å²) in [4.78, 5) is 13.8. The first kappa shape index (κ1) is 19.8. The molecule has 3 aliphatic heterocycles. The van der Waals surface area contributed by atoms with Crippen LogP contribution >= 0.6 is 15.9 Å². The molecule has 1 spiro atoms. The summed E-state index contributed by atoms with van der Waals surface area (Å²) < 4.78 is 7.73. The third kappa shape index (κ3) is 3.04. The Labute approximate surface area is 195 Å². The van der Waals surface area contributed by atoms with Gasteiger partial charge in [0.25, 0.3) is 0 Å². The molecule has 0 aromatic heterocycles. The molecule has 3 heterocycles. The summed E-state index contributed by atoms with van der Waals surface area (Å²) in [6.45, 7) is 3.01. The third-order valence-corrected chi connectivity index (χ3v) is 7.54. The first-order chi connectivity index (χ1) is 15.5. The lowest BCUT2D eigenvalue weighted by molar-refractivity contribution is -0.158. The first-order valence-corrected chi connectivity index (χ1v) is 11.9. The van der Waals surface area contributed by atoms with Crippen molar-refractivity contribution in [2.24, 2.45) is 5.10 Å². The van der Waals surface area contributed by atoms with E-state index >= 15 is 0 Å². The normalized spacial score (nSPS) is 21.2. The van der Waals surface area contributed by atoms with Crippen LogP contribution < -0.4 is 4.74 Å². The number of hydrogen-bond donors (Lipinski definition) is 0. The van der Waals surface area contributed by atoms with Crippen molar-refractivity contribution >= 4 is 38.3 Å². The predicted octanol–water partition coefficient (Wildman–Crippen LogP) is 5.48. The Morgan fingerprint density at radius 2 is 1.88 bits per heavy atom. The molecule has 3 aliphatic rings. The van der Waals surface area contributed by atoms with Gasteiger partial charge in [-0.2, -0.15) is 5.10 Å². The SMILES string of the molecule is CC(=O)N1CCC2(CC1)Oc1ccc(Br)cc1[C@H]1CC(c3cccc4ccccc34)=NN12. The van der Waals surface area contributed by atoms with E-state index in [0.29, 0.717) is 13.1 Å². The summed E-state index contributed by atoms with van der Waals surface area (Å²) in [5, 5.41) is 9.87. The zero-order chi connectivity index (χ0) is 21.9. The van der Waals surface area contributed by atoms with E-state index < -0.39 is 5.72 Å². The average molecular weight is 490 g/mol. The molecule has 3 aromatic rings. The van der Waals surface area contributed by atoms with E-state index in [9.17, 15) is 4.79 Å². The molecular formula is C26H24BrN3O2. The molecule has 6 heteroatoms. The van der Waals surface area contributed by atoms with Crippen LogP contribution in [0.2, 0.25) is 0 Å². The topological polar surface area (TPSA) is 45.1 Å². The van der Waals surface area contributed by atoms with Crippen LogP contribution in [-0.4, -0.2) is 40.3 Å². The molecule has 1 saturated heterocycles. The van der Waals surface area contributed by atoms with Crippen molar-refractivity contribution in [1.29, 1.82) is 0 Å². The molecule has 0 bridgehead atoms. The molecule has 0 N–H and O–H groups in total. The lowest BCUT2D eigenvalue weighted by Gasteiger charge is -2.51. The molecule has 5 nitrogen and oxygen atoms in total. The average Bonchev–Trinajstić information content (AvgIpc) is 3.26. The molecule has 0 saturated carbocycles. The maximum atomic E-state index is 11.9. The van der Waals surface area contributed by atoms with Crippen molar-refractivity contribution < 1.29 is 9.53 Å². The number of piperidine rings is 1. The van der Waals surface area contributed by atoms with Crippen molar-refractivity contribution in [2.45, 2.75) is 38.0 Å². The number of likely N-dealkylation sites (tertiary alicyclic amines) is 1. The van der Waals surface area contributed by atoms with Crippen LogP contribution in [0.4, 0.5) is 0 Å². The maximum absolute atomic E-state index is 11.9.